The third kappa shape index (κ3) is 8.18. The molecule has 0 heterocycles. The van der Waals surface area contributed by atoms with Gasteiger partial charge < -0.3 is 20.3 Å². The number of nitrogens with zero attached hydrogens (tertiary/aromatic N) is 2. The Balaban J connectivity index is 4.35. The fourth-order valence-electron chi connectivity index (χ4n) is 1.88. The first-order chi connectivity index (χ1) is 8.69. The van der Waals surface area contributed by atoms with Gasteiger partial charge in [0, 0.05) is 26.2 Å². The van der Waals surface area contributed by atoms with Crippen LogP contribution in [-0.2, 0) is 9.53 Å². The van der Waals surface area contributed by atoms with E-state index < -0.39 is 5.54 Å². The first-order valence-electron chi connectivity index (χ1n) is 6.93. The van der Waals surface area contributed by atoms with E-state index in [1.54, 1.807) is 6.92 Å². The Morgan fingerprint density at radius 1 is 1.26 bits per heavy atom. The topological polar surface area (TPSA) is 58.8 Å². The summed E-state index contributed by atoms with van der Waals surface area (Å²) >= 11 is 0. The number of carbonyl (C=O) groups is 1. The van der Waals surface area contributed by atoms with Crippen LogP contribution in [0.1, 0.15) is 27.2 Å². The third-order valence-corrected chi connectivity index (χ3v) is 3.09. The van der Waals surface area contributed by atoms with Crippen LogP contribution in [0.15, 0.2) is 0 Å². The molecule has 0 aromatic heterocycles. The van der Waals surface area contributed by atoms with Gasteiger partial charge in [0.15, 0.2) is 0 Å². The summed E-state index contributed by atoms with van der Waals surface area (Å²) in [6.45, 7) is 9.96. The van der Waals surface area contributed by atoms with Gasteiger partial charge >= 0.3 is 5.97 Å². The molecule has 5 nitrogen and oxygen atoms in total. The van der Waals surface area contributed by atoms with Crippen LogP contribution < -0.4 is 5.73 Å². The SMILES string of the molecule is COC(=O)C(C)(N)CCN(CCN(C)C)CC(C)C. The number of nitrogens with two attached hydrogens (primary N) is 1. The van der Waals surface area contributed by atoms with Gasteiger partial charge in [-0.1, -0.05) is 13.8 Å². The van der Waals surface area contributed by atoms with E-state index in [0.717, 1.165) is 26.2 Å². The van der Waals surface area contributed by atoms with Gasteiger partial charge in [0.25, 0.3) is 0 Å². The number of methoxy groups -OCH3 is 1. The minimum absolute atomic E-state index is 0.343. The minimum Gasteiger partial charge on any atom is -0.468 e. The summed E-state index contributed by atoms with van der Waals surface area (Å²) in [5, 5.41) is 0. The summed E-state index contributed by atoms with van der Waals surface area (Å²) in [7, 11) is 5.51. The molecule has 19 heavy (non-hydrogen) atoms. The summed E-state index contributed by atoms with van der Waals surface area (Å²) in [6, 6.07) is 0. The van der Waals surface area contributed by atoms with Crippen molar-refractivity contribution < 1.29 is 9.53 Å². The van der Waals surface area contributed by atoms with Crippen molar-refractivity contribution in [3.63, 3.8) is 0 Å². The Morgan fingerprint density at radius 2 is 1.84 bits per heavy atom. The first-order valence-corrected chi connectivity index (χ1v) is 6.93. The highest BCUT2D eigenvalue weighted by molar-refractivity contribution is 5.79. The van der Waals surface area contributed by atoms with Crippen LogP contribution in [0.3, 0.4) is 0 Å². The predicted molar refractivity (Wildman–Crippen MR) is 79.1 cm³/mol. The van der Waals surface area contributed by atoms with Crippen molar-refractivity contribution in [1.82, 2.24) is 9.80 Å². The smallest absolute Gasteiger partial charge is 0.325 e. The van der Waals surface area contributed by atoms with Crippen molar-refractivity contribution in [3.8, 4) is 0 Å². The molecule has 0 rings (SSSR count). The maximum Gasteiger partial charge on any atom is 0.325 e. The molecule has 0 aliphatic heterocycles. The first kappa shape index (κ1) is 18.4. The van der Waals surface area contributed by atoms with Crippen molar-refractivity contribution in [2.24, 2.45) is 11.7 Å². The Hall–Kier alpha value is -0.650. The van der Waals surface area contributed by atoms with Gasteiger partial charge in [-0.05, 0) is 33.4 Å². The average Bonchev–Trinajstić information content (AvgIpc) is 2.30. The molecule has 0 bridgehead atoms. The molecule has 0 saturated heterocycles. The number of carbonyl (C=O) groups excluding carboxylic acids is 1. The molecular formula is C14H31N3O2. The molecule has 0 fully saturated rings. The summed E-state index contributed by atoms with van der Waals surface area (Å²) < 4.78 is 4.74. The number of rotatable bonds is 9. The largest absolute Gasteiger partial charge is 0.468 e. The Labute approximate surface area is 118 Å². The van der Waals surface area contributed by atoms with Crippen LogP contribution in [0.2, 0.25) is 0 Å². The number of ether oxygens (including phenoxy) is 1. The lowest BCUT2D eigenvalue weighted by Crippen LogP contribution is -2.48. The fraction of sp³-hybridized carbons (Fsp3) is 0.929. The second-order valence-corrected chi connectivity index (χ2v) is 6.16. The van der Waals surface area contributed by atoms with E-state index in [2.05, 4.69) is 37.7 Å². The van der Waals surface area contributed by atoms with E-state index >= 15 is 0 Å². The number of hydrogen-bond acceptors (Lipinski definition) is 5. The number of hydrogen-bond donors (Lipinski definition) is 1. The second-order valence-electron chi connectivity index (χ2n) is 6.16. The van der Waals surface area contributed by atoms with E-state index in [4.69, 9.17) is 10.5 Å². The third-order valence-electron chi connectivity index (χ3n) is 3.09. The summed E-state index contributed by atoms with van der Waals surface area (Å²) in [6.07, 6.45) is 0.611. The maximum absolute atomic E-state index is 11.6. The van der Waals surface area contributed by atoms with Crippen LogP contribution >= 0.6 is 0 Å². The van der Waals surface area contributed by atoms with Crippen molar-refractivity contribution in [3.05, 3.63) is 0 Å². The van der Waals surface area contributed by atoms with Gasteiger partial charge in [0.1, 0.15) is 5.54 Å². The molecule has 114 valence electrons. The maximum atomic E-state index is 11.6. The second kappa shape index (κ2) is 8.51. The molecule has 1 atom stereocenters. The van der Waals surface area contributed by atoms with Gasteiger partial charge in [-0.3, -0.25) is 4.79 Å². The van der Waals surface area contributed by atoms with E-state index in [0.29, 0.717) is 12.3 Å². The molecule has 0 radical (unpaired) electrons. The lowest BCUT2D eigenvalue weighted by molar-refractivity contribution is -0.146. The summed E-state index contributed by atoms with van der Waals surface area (Å²) in [5.41, 5.74) is 5.09. The molecular weight excluding hydrogens is 242 g/mol. The Kier molecular flexibility index (Phi) is 8.22. The van der Waals surface area contributed by atoms with E-state index in [9.17, 15) is 4.79 Å². The van der Waals surface area contributed by atoms with Crippen LogP contribution in [0.25, 0.3) is 0 Å². The predicted octanol–water partition coefficient (Wildman–Crippen LogP) is 0.787. The average molecular weight is 273 g/mol. The highest BCUT2D eigenvalue weighted by Crippen LogP contribution is 2.10. The lowest BCUT2D eigenvalue weighted by Gasteiger charge is -2.29. The Morgan fingerprint density at radius 3 is 2.26 bits per heavy atom. The highest BCUT2D eigenvalue weighted by atomic mass is 16.5. The van der Waals surface area contributed by atoms with Crippen molar-refractivity contribution >= 4 is 5.97 Å². The van der Waals surface area contributed by atoms with Crippen molar-refractivity contribution in [2.45, 2.75) is 32.7 Å². The highest BCUT2D eigenvalue weighted by Gasteiger charge is 2.29. The molecule has 2 N–H and O–H groups in total. The zero-order valence-electron chi connectivity index (χ0n) is 13.4. The van der Waals surface area contributed by atoms with Gasteiger partial charge in [-0.2, -0.15) is 0 Å². The van der Waals surface area contributed by atoms with E-state index in [-0.39, 0.29) is 5.97 Å². The van der Waals surface area contributed by atoms with Gasteiger partial charge in [0.05, 0.1) is 7.11 Å². The van der Waals surface area contributed by atoms with Gasteiger partial charge in [-0.25, -0.2) is 0 Å². The molecule has 0 saturated carbocycles. The molecule has 0 aliphatic rings. The molecule has 0 amide bonds. The summed E-state index contributed by atoms with van der Waals surface area (Å²) in [4.78, 5) is 16.1. The number of likely N-dealkylation sites (N-methyl/N-ethyl adjacent to an activating group) is 1. The van der Waals surface area contributed by atoms with Crippen LogP contribution in [0, 0.1) is 5.92 Å². The quantitative estimate of drug-likeness (QED) is 0.629. The fourth-order valence-corrected chi connectivity index (χ4v) is 1.88. The zero-order chi connectivity index (χ0) is 15.1. The molecule has 0 aromatic carbocycles. The number of esters is 1. The van der Waals surface area contributed by atoms with Crippen LogP contribution in [0.4, 0.5) is 0 Å². The lowest BCUT2D eigenvalue weighted by atomic mass is 9.99. The monoisotopic (exact) mass is 273 g/mol. The molecule has 0 aromatic rings. The molecule has 0 spiro atoms. The van der Waals surface area contributed by atoms with E-state index in [1.165, 1.54) is 7.11 Å². The van der Waals surface area contributed by atoms with Gasteiger partial charge in [-0.15, -0.1) is 0 Å². The van der Waals surface area contributed by atoms with Crippen molar-refractivity contribution in [2.75, 3.05) is 47.4 Å². The molecule has 5 heteroatoms. The standard InChI is InChI=1S/C14H31N3O2/c1-12(2)11-17(10-9-16(4)5)8-7-14(3,15)13(18)19-6/h12H,7-11,15H2,1-6H3. The van der Waals surface area contributed by atoms with Crippen LogP contribution in [-0.4, -0.2) is 68.7 Å². The van der Waals surface area contributed by atoms with E-state index in [1.807, 2.05) is 0 Å². The molecule has 0 aliphatic carbocycles. The normalized spacial score (nSPS) is 15.1. The van der Waals surface area contributed by atoms with Crippen LogP contribution in [0.5, 0.6) is 0 Å². The van der Waals surface area contributed by atoms with Crippen molar-refractivity contribution in [1.29, 1.82) is 0 Å². The van der Waals surface area contributed by atoms with Gasteiger partial charge in [0.2, 0.25) is 0 Å². The Bertz CT molecular complexity index is 265. The minimum atomic E-state index is -0.901. The summed E-state index contributed by atoms with van der Waals surface area (Å²) in [5.74, 6) is 0.258. The molecule has 1 unspecified atom stereocenters. The zero-order valence-corrected chi connectivity index (χ0v) is 13.4.